The molecule has 652 valence electrons. The predicted octanol–water partition coefficient (Wildman–Crippen LogP) is -12.8. The van der Waals surface area contributed by atoms with Gasteiger partial charge in [-0.2, -0.15) is 29.9 Å². The van der Waals surface area contributed by atoms with Gasteiger partial charge in [0.15, 0.2) is 39.9 Å². The number of nitrogen functional groups attached to an aromatic ring is 5. The fourth-order valence-corrected chi connectivity index (χ4v) is 12.1. The van der Waals surface area contributed by atoms with E-state index < -0.39 is 178 Å². The number of aromatic amines is 2. The lowest BCUT2D eigenvalue weighted by molar-refractivity contribution is -0.138. The Morgan fingerprint density at radius 2 is 0.770 bits per heavy atom. The van der Waals surface area contributed by atoms with Crippen LogP contribution in [0.4, 0.5) is 35.2 Å². The number of aliphatic imine (C=N–C) groups is 1. The zero-order chi connectivity index (χ0) is 88.4. The molecule has 8 aromatic rings. The number of carbonyl (C=O) groups excluding carboxylic acids is 12. The summed E-state index contributed by atoms with van der Waals surface area (Å²) in [4.78, 5) is 275. The molecule has 9 heterocycles. The number of likely N-dealkylation sites (N-methyl/N-ethyl adjacent to an activating group) is 1. The lowest BCUT2D eigenvalue weighted by Gasteiger charge is -2.25. The molecule has 0 saturated carbocycles. The molecule has 0 aliphatic carbocycles. The number of Topliss-reactive ketones (excluding diaryl/α,β-unsaturated/α-hetero) is 1. The third-order valence-corrected chi connectivity index (χ3v) is 18.6. The molecule has 0 aromatic carbocycles. The van der Waals surface area contributed by atoms with E-state index >= 15 is 0 Å². The Balaban J connectivity index is 0.831. The third-order valence-electron chi connectivity index (χ3n) is 17.9. The quantitative estimate of drug-likeness (QED) is 0.0124. The molecule has 0 bridgehead atoms. The highest BCUT2D eigenvalue weighted by molar-refractivity contribution is 7.96. The van der Waals surface area contributed by atoms with Crippen molar-refractivity contribution in [1.82, 2.24) is 148 Å². The van der Waals surface area contributed by atoms with Crippen LogP contribution in [-0.2, 0) is 96.8 Å². The number of guanidine groups is 1. The molecule has 9 rings (SSSR count). The van der Waals surface area contributed by atoms with Crippen LogP contribution >= 0.6 is 12.1 Å². The largest absolute Gasteiger partial charge is 0.383 e. The predicted molar refractivity (Wildman–Crippen MR) is 432 cm³/mol. The first kappa shape index (κ1) is 90.8. The minimum Gasteiger partial charge on any atom is -0.383 e. The van der Waals surface area contributed by atoms with Crippen LogP contribution in [0.2, 0.25) is 0 Å². The van der Waals surface area contributed by atoms with Gasteiger partial charge < -0.3 is 115 Å². The summed E-state index contributed by atoms with van der Waals surface area (Å²) in [7, 11) is 1.61. The molecule has 24 N–H and O–H groups in total. The number of imidazole rings is 3. The van der Waals surface area contributed by atoms with E-state index in [1.165, 1.54) is 66.6 Å². The van der Waals surface area contributed by atoms with Crippen LogP contribution in [0.5, 0.6) is 0 Å². The fraction of sp³-hybridized carbons (Fsp3) is 0.424. The van der Waals surface area contributed by atoms with Gasteiger partial charge in [-0.3, -0.25) is 95.5 Å². The SMILES string of the molecule is CCC(=O)CN(CCNC(=O)CN(CCNC(=O)CN(CCNSNC(=O)CN(CCNC(=O)CN(CCNC(=O)CN(CCNC)C(=O)Cn1ccc(N)nc1=O)C(=O)Cn1ccc(N)nc1=O)C(=O)Cn1ccc(N)nc1=O)C(=O)Cn1cnc2c(=O)[nH]c(N)nc21)C(=O)Cn1cnc2c(=O)[nH]c(N)nc21)C(=O)Cn1cnc2c1N=C(N)NC2N. The number of fused-ring (bicyclic) bond motifs is 3. The number of hydrogen-bond acceptors (Lipinski definition) is 37. The molecule has 0 saturated heterocycles. The second-order valence-electron chi connectivity index (χ2n) is 26.8. The Kier molecular flexibility index (Phi) is 31.9. The molecule has 1 aliphatic heterocycles. The van der Waals surface area contributed by atoms with Crippen molar-refractivity contribution >= 4 is 146 Å². The van der Waals surface area contributed by atoms with Crippen molar-refractivity contribution in [1.29, 1.82) is 0 Å². The maximum atomic E-state index is 14.3. The van der Waals surface area contributed by atoms with Crippen molar-refractivity contribution in [2.75, 3.05) is 154 Å². The first-order valence-corrected chi connectivity index (χ1v) is 37.9. The molecular formula is C66H90N38O17S. The first-order valence-electron chi connectivity index (χ1n) is 37.1. The van der Waals surface area contributed by atoms with Crippen LogP contribution < -0.4 is 110 Å². The summed E-state index contributed by atoms with van der Waals surface area (Å²) in [5.41, 5.74) is 36.2. The number of H-pyrrole nitrogens is 2. The summed E-state index contributed by atoms with van der Waals surface area (Å²) >= 11 is 0.572. The smallest absolute Gasteiger partial charge is 0.349 e. The normalized spacial score (nSPS) is 12.1. The van der Waals surface area contributed by atoms with Gasteiger partial charge in [0.25, 0.3) is 11.1 Å². The van der Waals surface area contributed by atoms with Crippen LogP contribution in [-0.4, -0.2) is 308 Å². The van der Waals surface area contributed by atoms with Crippen molar-refractivity contribution in [3.8, 4) is 0 Å². The highest BCUT2D eigenvalue weighted by Gasteiger charge is 2.29. The summed E-state index contributed by atoms with van der Waals surface area (Å²) in [6.45, 7) is -8.27. The Morgan fingerprint density at radius 3 is 1.14 bits per heavy atom. The molecule has 56 heteroatoms. The standard InChI is InChI=1S/C66H90N38O17S/c1-3-37(105)22-93(49(114)31-102-34-79-52-55(70)86-61(71)87-56(52)102)17-8-75-43(108)25-96(50(115)32-103-35-80-53-57(103)88-62(72)90-59(53)117)19-10-77-44(109)26-98(51(116)33-104-36-81-54-58(104)89-63(73)91-60(54)118)21-12-82-122-92-45(110)27-97(48(113)30-101-15-6-40(69)85-66(101)121)20-11-78-42(107)24-95(47(112)29-100-14-5-39(68)84-65(100)120)18-9-76-41(106)23-94(16-7-74-2)46(111)28-99-13-4-38(67)83-64(99)119/h4-6,13-15,34-36,55,74,82H,3,7-12,16-33,70H2,1-2H3,(H,75,108)(H,76,106)(H,77,109)(H,78,107)(H,92,110)(H2,67,83,119)(H2,68,84,120)(H2,69,85,121)(H3,71,86,87)(H3,72,88,90,117)(H3,73,89,91,118). The van der Waals surface area contributed by atoms with Crippen molar-refractivity contribution in [3.05, 3.63) is 114 Å². The van der Waals surface area contributed by atoms with Gasteiger partial charge in [-0.25, -0.2) is 34.1 Å². The number of nitrogens with two attached hydrogens (primary N) is 7. The van der Waals surface area contributed by atoms with Gasteiger partial charge in [0.1, 0.15) is 75.1 Å². The summed E-state index contributed by atoms with van der Waals surface area (Å²) in [5, 5.41) is 16.0. The van der Waals surface area contributed by atoms with Gasteiger partial charge in [-0.05, 0) is 25.2 Å². The maximum absolute atomic E-state index is 14.3. The molecule has 122 heavy (non-hydrogen) atoms. The van der Waals surface area contributed by atoms with E-state index in [0.29, 0.717) is 17.8 Å². The maximum Gasteiger partial charge on any atom is 0.349 e. The Bertz CT molecular complexity index is 5570. The van der Waals surface area contributed by atoms with Crippen LogP contribution in [0, 0.1) is 0 Å². The van der Waals surface area contributed by atoms with Crippen molar-refractivity contribution in [2.24, 2.45) is 16.5 Å². The summed E-state index contributed by atoms with van der Waals surface area (Å²) in [6, 6.07) is 3.81. The minimum absolute atomic E-state index is 0.0168. The van der Waals surface area contributed by atoms with E-state index in [0.717, 1.165) is 46.0 Å². The third kappa shape index (κ3) is 25.9. The van der Waals surface area contributed by atoms with E-state index in [9.17, 15) is 81.5 Å². The average Bonchev–Trinajstić information content (AvgIpc) is 1.66. The van der Waals surface area contributed by atoms with Gasteiger partial charge in [0, 0.05) is 116 Å². The van der Waals surface area contributed by atoms with E-state index in [4.69, 9.17) is 40.1 Å². The van der Waals surface area contributed by atoms with E-state index in [1.54, 1.807) is 14.0 Å². The van der Waals surface area contributed by atoms with Crippen molar-refractivity contribution < 1.29 is 57.5 Å². The van der Waals surface area contributed by atoms with Gasteiger partial charge in [0.05, 0.1) is 51.7 Å². The molecule has 0 radical (unpaired) electrons. The summed E-state index contributed by atoms with van der Waals surface area (Å²) < 4.78 is 11.9. The number of amides is 11. The number of nitrogens with one attached hydrogen (secondary N) is 10. The second-order valence-corrected chi connectivity index (χ2v) is 27.5. The zero-order valence-electron chi connectivity index (χ0n) is 65.7. The molecular weight excluding hydrogens is 1630 g/mol. The molecule has 1 aliphatic rings. The Hall–Kier alpha value is -15.1. The Morgan fingerprint density at radius 1 is 0.434 bits per heavy atom. The molecule has 0 spiro atoms. The van der Waals surface area contributed by atoms with Gasteiger partial charge in [0.2, 0.25) is 76.9 Å². The number of aromatic nitrogens is 16. The first-order chi connectivity index (χ1) is 58.2. The molecule has 0 fully saturated rings. The molecule has 8 aromatic heterocycles. The zero-order valence-corrected chi connectivity index (χ0v) is 66.5. The van der Waals surface area contributed by atoms with Crippen LogP contribution in [0.3, 0.4) is 0 Å². The number of anilines is 5. The topological polar surface area (TPSA) is 765 Å². The van der Waals surface area contributed by atoms with Crippen molar-refractivity contribution in [2.45, 2.75) is 58.8 Å². The minimum atomic E-state index is -0.927. The number of nitrogens with zero attached hydrogens (tertiary/aromatic N) is 21. The number of hydrogen-bond donors (Lipinski definition) is 17. The van der Waals surface area contributed by atoms with E-state index in [2.05, 4.69) is 96.2 Å². The summed E-state index contributed by atoms with van der Waals surface area (Å²) in [6.07, 6.45) is 6.53. The number of carbonyl (C=O) groups is 12. The average molecular weight is 1720 g/mol. The lowest BCUT2D eigenvalue weighted by atomic mass is 10.2. The van der Waals surface area contributed by atoms with Crippen molar-refractivity contribution in [3.63, 3.8) is 0 Å². The van der Waals surface area contributed by atoms with Crippen LogP contribution in [0.25, 0.3) is 22.3 Å². The number of rotatable bonds is 45. The van der Waals surface area contributed by atoms with Gasteiger partial charge >= 0.3 is 17.1 Å². The molecule has 1 unspecified atom stereocenters. The fourth-order valence-electron chi connectivity index (χ4n) is 11.6. The molecule has 55 nitrogen and oxygen atoms in total. The molecule has 11 amide bonds. The van der Waals surface area contributed by atoms with Gasteiger partial charge in [-0.15, -0.1) is 0 Å². The monoisotopic (exact) mass is 1720 g/mol. The van der Waals surface area contributed by atoms with E-state index in [1.807, 2.05) is 0 Å². The van der Waals surface area contributed by atoms with Crippen LogP contribution in [0.1, 0.15) is 25.2 Å². The highest BCUT2D eigenvalue weighted by Crippen LogP contribution is 2.25. The number of ketones is 1. The highest BCUT2D eigenvalue weighted by atomic mass is 32.2. The molecule has 1 atom stereocenters. The van der Waals surface area contributed by atoms with E-state index in [-0.39, 0.29) is 154 Å². The summed E-state index contributed by atoms with van der Waals surface area (Å²) in [5.74, 6) is -9.45. The second kappa shape index (κ2) is 42.8. The Labute approximate surface area is 691 Å². The lowest BCUT2D eigenvalue weighted by Crippen LogP contribution is -2.49. The van der Waals surface area contributed by atoms with Gasteiger partial charge in [-0.1, -0.05) is 6.92 Å². The van der Waals surface area contributed by atoms with Crippen LogP contribution in [0.15, 0.2) is 84.7 Å².